The first-order chi connectivity index (χ1) is 9.90. The van der Waals surface area contributed by atoms with Gasteiger partial charge in [0.2, 0.25) is 5.91 Å². The van der Waals surface area contributed by atoms with Crippen molar-refractivity contribution < 1.29 is 24.2 Å². The number of ketones is 1. The molecule has 3 N–H and O–H groups in total. The predicted molar refractivity (Wildman–Crippen MR) is 72.9 cm³/mol. The van der Waals surface area contributed by atoms with Gasteiger partial charge in [0.15, 0.2) is 11.9 Å². The van der Waals surface area contributed by atoms with Crippen LogP contribution in [0.1, 0.15) is 27.6 Å². The maximum Gasteiger partial charge on any atom is 0.254 e. The largest absolute Gasteiger partial charge is 0.507 e. The van der Waals surface area contributed by atoms with E-state index in [1.165, 1.54) is 30.0 Å². The van der Waals surface area contributed by atoms with Crippen LogP contribution in [0, 0.1) is 0 Å². The fourth-order valence-corrected chi connectivity index (χ4v) is 2.15. The van der Waals surface area contributed by atoms with Crippen molar-refractivity contribution in [1.82, 2.24) is 4.90 Å². The Labute approximate surface area is 121 Å². The first-order valence-corrected chi connectivity index (χ1v) is 6.44. The van der Waals surface area contributed by atoms with Crippen LogP contribution in [-0.2, 0) is 9.53 Å². The molecule has 0 aliphatic carbocycles. The number of morpholine rings is 1. The molecule has 1 aliphatic heterocycles. The fraction of sp³-hybridized carbons (Fsp3) is 0.357. The normalized spacial score (nSPS) is 18.3. The lowest BCUT2D eigenvalue weighted by Crippen LogP contribution is -2.50. The first kappa shape index (κ1) is 15.0. The van der Waals surface area contributed by atoms with Crippen molar-refractivity contribution >= 4 is 17.6 Å². The Morgan fingerprint density at radius 1 is 1.38 bits per heavy atom. The number of hydrogen-bond acceptors (Lipinski definition) is 5. The van der Waals surface area contributed by atoms with Gasteiger partial charge in [-0.25, -0.2) is 0 Å². The number of aromatic hydroxyl groups is 1. The van der Waals surface area contributed by atoms with E-state index in [1.807, 2.05) is 0 Å². The van der Waals surface area contributed by atoms with Crippen LogP contribution in [0.25, 0.3) is 0 Å². The summed E-state index contributed by atoms with van der Waals surface area (Å²) < 4.78 is 5.17. The number of nitrogens with zero attached hydrogens (tertiary/aromatic N) is 1. The Hall–Kier alpha value is -2.41. The van der Waals surface area contributed by atoms with Crippen LogP contribution in [0.5, 0.6) is 5.75 Å². The molecule has 112 valence electrons. The van der Waals surface area contributed by atoms with Crippen molar-refractivity contribution in [2.75, 3.05) is 19.7 Å². The highest BCUT2D eigenvalue weighted by Gasteiger charge is 2.28. The third kappa shape index (κ3) is 3.19. The smallest absolute Gasteiger partial charge is 0.254 e. The number of Topliss-reactive ketones (excluding diaryl/α,β-unsaturated/α-hetero) is 1. The summed E-state index contributed by atoms with van der Waals surface area (Å²) in [6.45, 7) is 1.95. The highest BCUT2D eigenvalue weighted by Crippen LogP contribution is 2.21. The van der Waals surface area contributed by atoms with E-state index < -0.39 is 12.0 Å². The minimum absolute atomic E-state index is 0.0728. The van der Waals surface area contributed by atoms with E-state index in [2.05, 4.69) is 0 Å². The lowest BCUT2D eigenvalue weighted by atomic mass is 10.1. The van der Waals surface area contributed by atoms with Crippen molar-refractivity contribution in [3.8, 4) is 5.75 Å². The van der Waals surface area contributed by atoms with Gasteiger partial charge in [-0.05, 0) is 25.1 Å². The van der Waals surface area contributed by atoms with Crippen LogP contribution < -0.4 is 5.73 Å². The van der Waals surface area contributed by atoms with Gasteiger partial charge in [0.05, 0.1) is 18.7 Å². The third-order valence-corrected chi connectivity index (χ3v) is 3.29. The quantitative estimate of drug-likeness (QED) is 0.757. The van der Waals surface area contributed by atoms with Gasteiger partial charge in [-0.3, -0.25) is 14.4 Å². The van der Waals surface area contributed by atoms with Crippen LogP contribution in [0.4, 0.5) is 0 Å². The number of carbonyl (C=O) groups excluding carboxylic acids is 3. The minimum Gasteiger partial charge on any atom is -0.507 e. The van der Waals surface area contributed by atoms with Gasteiger partial charge in [0.1, 0.15) is 5.75 Å². The van der Waals surface area contributed by atoms with Crippen molar-refractivity contribution in [3.63, 3.8) is 0 Å². The summed E-state index contributed by atoms with van der Waals surface area (Å²) >= 11 is 0. The van der Waals surface area contributed by atoms with E-state index in [0.29, 0.717) is 6.54 Å². The zero-order chi connectivity index (χ0) is 15.6. The Bertz CT molecular complexity index is 599. The number of amides is 2. The Balaban J connectivity index is 2.18. The highest BCUT2D eigenvalue weighted by atomic mass is 16.5. The number of benzene rings is 1. The number of nitrogens with two attached hydrogens (primary N) is 1. The summed E-state index contributed by atoms with van der Waals surface area (Å²) in [6.07, 6.45) is -0.826. The van der Waals surface area contributed by atoms with Gasteiger partial charge < -0.3 is 20.5 Å². The van der Waals surface area contributed by atoms with Gasteiger partial charge in [-0.1, -0.05) is 0 Å². The molecule has 1 unspecified atom stereocenters. The summed E-state index contributed by atoms with van der Waals surface area (Å²) in [5.41, 5.74) is 5.56. The third-order valence-electron chi connectivity index (χ3n) is 3.29. The Kier molecular flexibility index (Phi) is 4.23. The molecule has 1 aliphatic rings. The molecule has 0 radical (unpaired) electrons. The highest BCUT2D eigenvalue weighted by molar-refractivity contribution is 6.00. The lowest BCUT2D eigenvalue weighted by Gasteiger charge is -2.31. The molecule has 0 aromatic heterocycles. The van der Waals surface area contributed by atoms with Gasteiger partial charge in [0.25, 0.3) is 5.91 Å². The zero-order valence-electron chi connectivity index (χ0n) is 11.5. The molecule has 0 spiro atoms. The maximum absolute atomic E-state index is 12.3. The summed E-state index contributed by atoms with van der Waals surface area (Å²) in [7, 11) is 0. The molecule has 0 saturated carbocycles. The van der Waals surface area contributed by atoms with Crippen molar-refractivity contribution in [3.05, 3.63) is 29.3 Å². The zero-order valence-corrected chi connectivity index (χ0v) is 11.5. The van der Waals surface area contributed by atoms with Crippen molar-refractivity contribution in [2.24, 2.45) is 5.73 Å². The molecule has 0 bridgehead atoms. The second kappa shape index (κ2) is 5.92. The van der Waals surface area contributed by atoms with E-state index in [4.69, 9.17) is 10.5 Å². The standard InChI is InChI=1S/C14H16N2O5/c1-8(17)10-3-2-9(6-11(10)18)14(20)16-4-5-21-12(7-16)13(15)19/h2-3,6,12,18H,4-5,7H2,1H3,(H2,15,19). The molecule has 1 atom stereocenters. The van der Waals surface area contributed by atoms with Gasteiger partial charge >= 0.3 is 0 Å². The summed E-state index contributed by atoms with van der Waals surface area (Å²) in [5, 5.41) is 9.76. The van der Waals surface area contributed by atoms with Gasteiger partial charge in [0, 0.05) is 12.1 Å². The number of ether oxygens (including phenoxy) is 1. The maximum atomic E-state index is 12.3. The number of phenols is 1. The number of hydrogen-bond donors (Lipinski definition) is 2. The molecular formula is C14H16N2O5. The van der Waals surface area contributed by atoms with E-state index >= 15 is 0 Å². The van der Waals surface area contributed by atoms with Crippen LogP contribution >= 0.6 is 0 Å². The Morgan fingerprint density at radius 2 is 2.10 bits per heavy atom. The number of rotatable bonds is 3. The lowest BCUT2D eigenvalue weighted by molar-refractivity contribution is -0.133. The van der Waals surface area contributed by atoms with Crippen molar-refractivity contribution in [1.29, 1.82) is 0 Å². The van der Waals surface area contributed by atoms with Gasteiger partial charge in [-0.15, -0.1) is 0 Å². The molecule has 1 saturated heterocycles. The van der Waals surface area contributed by atoms with E-state index in [9.17, 15) is 19.5 Å². The fourth-order valence-electron chi connectivity index (χ4n) is 2.15. The number of phenolic OH excluding ortho intramolecular Hbond substituents is 1. The van der Waals surface area contributed by atoms with E-state index in [0.717, 1.165) is 0 Å². The minimum atomic E-state index is -0.826. The van der Waals surface area contributed by atoms with Crippen LogP contribution in [0.3, 0.4) is 0 Å². The van der Waals surface area contributed by atoms with Crippen LogP contribution in [0.2, 0.25) is 0 Å². The SMILES string of the molecule is CC(=O)c1ccc(C(=O)N2CCOC(C(N)=O)C2)cc1O. The molecule has 2 rings (SSSR count). The number of carbonyl (C=O) groups is 3. The summed E-state index contributed by atoms with van der Waals surface area (Å²) in [4.78, 5) is 36.1. The molecule has 2 amide bonds. The van der Waals surface area contributed by atoms with Crippen molar-refractivity contribution in [2.45, 2.75) is 13.0 Å². The average Bonchev–Trinajstić information content (AvgIpc) is 2.46. The summed E-state index contributed by atoms with van der Waals surface area (Å²) in [5.74, 6) is -1.50. The molecule has 7 heteroatoms. The van der Waals surface area contributed by atoms with Crippen LogP contribution in [-0.4, -0.2) is 53.4 Å². The van der Waals surface area contributed by atoms with Crippen LogP contribution in [0.15, 0.2) is 18.2 Å². The second-order valence-corrected chi connectivity index (χ2v) is 4.80. The first-order valence-electron chi connectivity index (χ1n) is 6.44. The second-order valence-electron chi connectivity index (χ2n) is 4.80. The molecule has 1 fully saturated rings. The topological polar surface area (TPSA) is 110 Å². The van der Waals surface area contributed by atoms with E-state index in [1.54, 1.807) is 0 Å². The molecule has 7 nitrogen and oxygen atoms in total. The molecule has 21 heavy (non-hydrogen) atoms. The monoisotopic (exact) mass is 292 g/mol. The Morgan fingerprint density at radius 3 is 2.67 bits per heavy atom. The molecular weight excluding hydrogens is 276 g/mol. The molecule has 1 aromatic rings. The predicted octanol–water partition coefficient (Wildman–Crippen LogP) is -0.0789. The van der Waals surface area contributed by atoms with E-state index in [-0.39, 0.29) is 41.7 Å². The van der Waals surface area contributed by atoms with Gasteiger partial charge in [-0.2, -0.15) is 0 Å². The molecule has 1 aromatic carbocycles. The number of primary amides is 1. The molecule has 1 heterocycles. The average molecular weight is 292 g/mol. The summed E-state index contributed by atoms with van der Waals surface area (Å²) in [6, 6.07) is 4.11.